The Morgan fingerprint density at radius 3 is 2.64 bits per heavy atom. The van der Waals surface area contributed by atoms with E-state index in [9.17, 15) is 4.39 Å². The number of para-hydroxylation sites is 1. The third-order valence-electron chi connectivity index (χ3n) is 4.03. The third kappa shape index (κ3) is 5.83. The number of nitrogens with zero attached hydrogens (tertiary/aromatic N) is 1. The normalized spacial score (nSPS) is 10.2. The maximum Gasteiger partial charge on any atom is 0.166 e. The molecule has 0 radical (unpaired) electrons. The van der Waals surface area contributed by atoms with E-state index >= 15 is 0 Å². The van der Waals surface area contributed by atoms with Crippen molar-refractivity contribution < 1.29 is 13.9 Å². The predicted octanol–water partition coefficient (Wildman–Crippen LogP) is 5.17. The van der Waals surface area contributed by atoms with E-state index < -0.39 is 0 Å². The van der Waals surface area contributed by atoms with Crippen LogP contribution in [0.3, 0.4) is 0 Å². The summed E-state index contributed by atoms with van der Waals surface area (Å²) in [5, 5.41) is 3.71. The number of hydrogen-bond acceptors (Lipinski definition) is 4. The fourth-order valence-corrected chi connectivity index (χ4v) is 2.88. The molecule has 0 fully saturated rings. The summed E-state index contributed by atoms with van der Waals surface area (Å²) in [6, 6.07) is 13.9. The molecule has 0 aliphatic carbocycles. The van der Waals surface area contributed by atoms with Crippen LogP contribution in [0.15, 0.2) is 60.9 Å². The van der Waals surface area contributed by atoms with Crippen molar-refractivity contribution in [1.29, 1.82) is 0 Å². The molecule has 148 valence electrons. The van der Waals surface area contributed by atoms with Gasteiger partial charge in [-0.15, -0.1) is 12.4 Å². The SMILES string of the molecule is COc1cccc(CNCc2cccnc2)c1OCc1ccc(F)cc1Cl.Cl. The Labute approximate surface area is 175 Å². The van der Waals surface area contributed by atoms with E-state index in [1.807, 2.05) is 36.5 Å². The monoisotopic (exact) mass is 422 g/mol. The van der Waals surface area contributed by atoms with Crippen molar-refractivity contribution in [1.82, 2.24) is 10.3 Å². The van der Waals surface area contributed by atoms with Gasteiger partial charge in [0.1, 0.15) is 12.4 Å². The van der Waals surface area contributed by atoms with E-state index in [2.05, 4.69) is 10.3 Å². The lowest BCUT2D eigenvalue weighted by Crippen LogP contribution is -2.14. The number of pyridine rings is 1. The van der Waals surface area contributed by atoms with Crippen molar-refractivity contribution in [3.63, 3.8) is 0 Å². The summed E-state index contributed by atoms with van der Waals surface area (Å²) in [6.45, 7) is 1.50. The topological polar surface area (TPSA) is 43.4 Å². The highest BCUT2D eigenvalue weighted by Crippen LogP contribution is 2.32. The van der Waals surface area contributed by atoms with Crippen LogP contribution in [0.2, 0.25) is 5.02 Å². The standard InChI is InChI=1S/C21H20ClFN2O2.ClH/c1-26-20-6-2-5-16(13-25-12-15-4-3-9-24-11-15)21(20)27-14-17-7-8-18(23)10-19(17)22;/h2-11,25H,12-14H2,1H3;1H. The van der Waals surface area contributed by atoms with E-state index in [1.54, 1.807) is 19.4 Å². The van der Waals surface area contributed by atoms with Crippen LogP contribution >= 0.6 is 24.0 Å². The predicted molar refractivity (Wildman–Crippen MR) is 111 cm³/mol. The van der Waals surface area contributed by atoms with Crippen LogP contribution in [0.4, 0.5) is 4.39 Å². The average molecular weight is 423 g/mol. The second-order valence-electron chi connectivity index (χ2n) is 5.94. The first-order valence-corrected chi connectivity index (χ1v) is 8.87. The van der Waals surface area contributed by atoms with Gasteiger partial charge in [-0.25, -0.2) is 4.39 Å². The first-order valence-electron chi connectivity index (χ1n) is 8.49. The first kappa shape index (κ1) is 22.0. The first-order chi connectivity index (χ1) is 13.2. The molecule has 0 amide bonds. The van der Waals surface area contributed by atoms with Gasteiger partial charge in [0.15, 0.2) is 11.5 Å². The number of hydrogen-bond donors (Lipinski definition) is 1. The zero-order chi connectivity index (χ0) is 19.1. The molecule has 2 aromatic carbocycles. The summed E-state index contributed by atoms with van der Waals surface area (Å²) in [5.74, 6) is 0.898. The zero-order valence-electron chi connectivity index (χ0n) is 15.3. The number of methoxy groups -OCH3 is 1. The smallest absolute Gasteiger partial charge is 0.166 e. The van der Waals surface area contributed by atoms with Gasteiger partial charge in [-0.3, -0.25) is 4.98 Å². The molecule has 0 aliphatic rings. The van der Waals surface area contributed by atoms with Gasteiger partial charge in [0.05, 0.1) is 12.1 Å². The van der Waals surface area contributed by atoms with E-state index in [4.69, 9.17) is 21.1 Å². The number of benzene rings is 2. The Morgan fingerprint density at radius 1 is 1.07 bits per heavy atom. The lowest BCUT2D eigenvalue weighted by molar-refractivity contribution is 0.280. The molecule has 28 heavy (non-hydrogen) atoms. The summed E-state index contributed by atoms with van der Waals surface area (Å²) in [4.78, 5) is 4.11. The van der Waals surface area contributed by atoms with Crippen LogP contribution in [0.1, 0.15) is 16.7 Å². The van der Waals surface area contributed by atoms with Crippen molar-refractivity contribution in [2.24, 2.45) is 0 Å². The van der Waals surface area contributed by atoms with Gasteiger partial charge >= 0.3 is 0 Å². The summed E-state index contributed by atoms with van der Waals surface area (Å²) in [5.41, 5.74) is 2.76. The molecule has 4 nitrogen and oxygen atoms in total. The highest BCUT2D eigenvalue weighted by atomic mass is 35.5. The van der Waals surface area contributed by atoms with E-state index in [-0.39, 0.29) is 24.8 Å². The number of nitrogens with one attached hydrogen (secondary N) is 1. The van der Waals surface area contributed by atoms with Gasteiger partial charge in [0, 0.05) is 36.6 Å². The molecule has 0 unspecified atom stereocenters. The number of ether oxygens (including phenoxy) is 2. The van der Waals surface area contributed by atoms with Crippen molar-refractivity contribution in [3.05, 3.63) is 88.5 Å². The lowest BCUT2D eigenvalue weighted by atomic mass is 10.1. The van der Waals surface area contributed by atoms with Crippen LogP contribution in [-0.2, 0) is 19.7 Å². The number of aromatic nitrogens is 1. The second kappa shape index (κ2) is 10.9. The molecule has 7 heteroatoms. The summed E-state index contributed by atoms with van der Waals surface area (Å²) in [7, 11) is 1.60. The fourth-order valence-electron chi connectivity index (χ4n) is 2.66. The second-order valence-corrected chi connectivity index (χ2v) is 6.34. The van der Waals surface area contributed by atoms with Gasteiger partial charge in [0.25, 0.3) is 0 Å². The Hall–Kier alpha value is -2.34. The average Bonchev–Trinajstić information content (AvgIpc) is 2.68. The van der Waals surface area contributed by atoms with Crippen molar-refractivity contribution >= 4 is 24.0 Å². The zero-order valence-corrected chi connectivity index (χ0v) is 16.9. The van der Waals surface area contributed by atoms with Crippen molar-refractivity contribution in [3.8, 4) is 11.5 Å². The maximum absolute atomic E-state index is 13.2. The third-order valence-corrected chi connectivity index (χ3v) is 4.39. The van der Waals surface area contributed by atoms with Gasteiger partial charge in [-0.1, -0.05) is 35.9 Å². The molecule has 1 heterocycles. The quantitative estimate of drug-likeness (QED) is 0.543. The van der Waals surface area contributed by atoms with Gasteiger partial charge in [0.2, 0.25) is 0 Å². The molecule has 0 aliphatic heterocycles. The molecule has 0 saturated carbocycles. The maximum atomic E-state index is 13.2. The summed E-state index contributed by atoms with van der Waals surface area (Å²) >= 11 is 6.09. The van der Waals surface area contributed by atoms with Crippen LogP contribution in [0.5, 0.6) is 11.5 Å². The molecular weight excluding hydrogens is 402 g/mol. The minimum Gasteiger partial charge on any atom is -0.493 e. The number of rotatable bonds is 8. The molecule has 0 bridgehead atoms. The van der Waals surface area contributed by atoms with Crippen LogP contribution < -0.4 is 14.8 Å². The molecule has 3 aromatic rings. The minimum absolute atomic E-state index is 0. The summed E-state index contributed by atoms with van der Waals surface area (Å²) < 4.78 is 24.6. The lowest BCUT2D eigenvalue weighted by Gasteiger charge is -2.16. The summed E-state index contributed by atoms with van der Waals surface area (Å²) in [6.07, 6.45) is 3.57. The van der Waals surface area contributed by atoms with E-state index in [1.165, 1.54) is 12.1 Å². The van der Waals surface area contributed by atoms with Gasteiger partial charge < -0.3 is 14.8 Å². The van der Waals surface area contributed by atoms with Crippen molar-refractivity contribution in [2.75, 3.05) is 7.11 Å². The largest absolute Gasteiger partial charge is 0.493 e. The minimum atomic E-state index is -0.374. The van der Waals surface area contributed by atoms with Crippen molar-refractivity contribution in [2.45, 2.75) is 19.7 Å². The molecule has 0 spiro atoms. The molecule has 0 saturated heterocycles. The molecule has 3 rings (SSSR count). The van der Waals surface area contributed by atoms with Crippen LogP contribution in [0, 0.1) is 5.82 Å². The van der Waals surface area contributed by atoms with E-state index in [0.29, 0.717) is 35.2 Å². The Morgan fingerprint density at radius 2 is 1.93 bits per heavy atom. The molecule has 0 atom stereocenters. The highest BCUT2D eigenvalue weighted by molar-refractivity contribution is 6.31. The van der Waals surface area contributed by atoms with Gasteiger partial charge in [-0.2, -0.15) is 0 Å². The van der Waals surface area contributed by atoms with Crippen LogP contribution in [0.25, 0.3) is 0 Å². The Kier molecular flexibility index (Phi) is 8.51. The fraction of sp³-hybridized carbons (Fsp3) is 0.190. The highest BCUT2D eigenvalue weighted by Gasteiger charge is 2.12. The number of halogens is 3. The van der Waals surface area contributed by atoms with E-state index in [0.717, 1.165) is 11.1 Å². The Balaban J connectivity index is 0.00000280. The van der Waals surface area contributed by atoms with Crippen LogP contribution in [-0.4, -0.2) is 12.1 Å². The Bertz CT molecular complexity index is 895. The molecule has 1 N–H and O–H groups in total. The molecular formula is C21H21Cl2FN2O2. The molecule has 1 aromatic heterocycles. The van der Waals surface area contributed by atoms with Gasteiger partial charge in [-0.05, 0) is 29.8 Å².